The molecule has 0 aromatic carbocycles. The van der Waals surface area contributed by atoms with Crippen LogP contribution >= 0.6 is 23.1 Å². The van der Waals surface area contributed by atoms with Gasteiger partial charge in [-0.15, -0.1) is 38.3 Å². The lowest BCUT2D eigenvalue weighted by atomic mass is 9.89. The van der Waals surface area contributed by atoms with E-state index in [0.717, 1.165) is 22.4 Å². The molecule has 1 saturated carbocycles. The van der Waals surface area contributed by atoms with E-state index in [2.05, 4.69) is 31.5 Å². The Morgan fingerprint density at radius 3 is 2.88 bits per heavy atom. The van der Waals surface area contributed by atoms with Crippen LogP contribution in [0.2, 0.25) is 0 Å². The lowest BCUT2D eigenvalue weighted by Gasteiger charge is -2.21. The van der Waals surface area contributed by atoms with E-state index in [1.807, 2.05) is 23.6 Å². The van der Waals surface area contributed by atoms with Crippen LogP contribution < -0.4 is 0 Å². The van der Waals surface area contributed by atoms with E-state index in [0.29, 0.717) is 23.5 Å². The van der Waals surface area contributed by atoms with Gasteiger partial charge in [-0.25, -0.2) is 0 Å². The topological polar surface area (TPSA) is 69.6 Å². The van der Waals surface area contributed by atoms with Crippen LogP contribution in [-0.2, 0) is 12.3 Å². The fourth-order valence-electron chi connectivity index (χ4n) is 3.31. The van der Waals surface area contributed by atoms with Gasteiger partial charge in [0.25, 0.3) is 5.89 Å². The molecule has 0 amide bonds. The minimum Gasteiger partial charge on any atom is -0.419 e. The number of thiophene rings is 1. The van der Waals surface area contributed by atoms with Gasteiger partial charge in [-0.3, -0.25) is 0 Å². The van der Waals surface area contributed by atoms with Crippen LogP contribution in [0.1, 0.15) is 49.7 Å². The molecule has 4 rings (SSSR count). The number of thioether (sulfide) groups is 1. The molecular weight excluding hydrogens is 366 g/mol. The Hall–Kier alpha value is -1.93. The van der Waals surface area contributed by atoms with Gasteiger partial charge >= 0.3 is 0 Å². The van der Waals surface area contributed by atoms with E-state index in [4.69, 9.17) is 4.42 Å². The van der Waals surface area contributed by atoms with E-state index in [-0.39, 0.29) is 0 Å². The van der Waals surface area contributed by atoms with Gasteiger partial charge < -0.3 is 8.98 Å². The highest BCUT2D eigenvalue weighted by Gasteiger charge is 2.23. The Labute approximate surface area is 160 Å². The first-order valence-corrected chi connectivity index (χ1v) is 10.7. The number of hydrogen-bond acceptors (Lipinski definition) is 7. The molecule has 0 aliphatic heterocycles. The van der Waals surface area contributed by atoms with E-state index in [1.165, 1.54) is 32.1 Å². The maximum Gasteiger partial charge on any atom is 0.257 e. The molecule has 3 heterocycles. The highest BCUT2D eigenvalue weighted by Crippen LogP contribution is 2.34. The summed E-state index contributed by atoms with van der Waals surface area (Å²) < 4.78 is 7.95. The molecule has 3 aromatic rings. The van der Waals surface area contributed by atoms with Crippen LogP contribution in [0.3, 0.4) is 0 Å². The van der Waals surface area contributed by atoms with E-state index < -0.39 is 0 Å². The molecule has 26 heavy (non-hydrogen) atoms. The zero-order valence-electron chi connectivity index (χ0n) is 14.5. The number of allylic oxidation sites excluding steroid dienone is 1. The van der Waals surface area contributed by atoms with Crippen LogP contribution in [0.15, 0.2) is 39.7 Å². The predicted octanol–water partition coefficient (Wildman–Crippen LogP) is 4.92. The summed E-state index contributed by atoms with van der Waals surface area (Å²) in [6, 6.07) is 3.95. The zero-order valence-corrected chi connectivity index (χ0v) is 16.1. The molecular formula is C18H21N5OS2. The first kappa shape index (κ1) is 17.5. The van der Waals surface area contributed by atoms with Crippen LogP contribution in [0.4, 0.5) is 0 Å². The maximum absolute atomic E-state index is 5.76. The van der Waals surface area contributed by atoms with Crippen molar-refractivity contribution in [2.45, 2.75) is 55.5 Å². The minimum absolute atomic E-state index is 0.513. The number of rotatable bonds is 7. The summed E-state index contributed by atoms with van der Waals surface area (Å²) in [5.41, 5.74) is 0. The van der Waals surface area contributed by atoms with Gasteiger partial charge in [0.2, 0.25) is 5.89 Å². The summed E-state index contributed by atoms with van der Waals surface area (Å²) in [5.74, 6) is 3.37. The Balaban J connectivity index is 1.47. The standard InChI is InChI=1S/C18H21N5OS2/c1-2-10-23-16(13-7-4-3-5-8-13)20-22-18(23)26-12-15-19-21-17(24-15)14-9-6-11-25-14/h2,6,9,11,13H,1,3-5,7-8,10,12H2. The third-order valence-electron chi connectivity index (χ3n) is 4.55. The van der Waals surface area contributed by atoms with Crippen molar-refractivity contribution in [2.75, 3.05) is 0 Å². The third kappa shape index (κ3) is 3.76. The highest BCUT2D eigenvalue weighted by atomic mass is 32.2. The Bertz CT molecular complexity index is 849. The van der Waals surface area contributed by atoms with Gasteiger partial charge in [-0.1, -0.05) is 43.2 Å². The molecule has 1 aliphatic carbocycles. The van der Waals surface area contributed by atoms with Crippen molar-refractivity contribution in [3.05, 3.63) is 41.9 Å². The van der Waals surface area contributed by atoms with Crippen molar-refractivity contribution < 1.29 is 4.42 Å². The molecule has 0 N–H and O–H groups in total. The molecule has 0 bridgehead atoms. The fourth-order valence-corrected chi connectivity index (χ4v) is 4.74. The van der Waals surface area contributed by atoms with Gasteiger partial charge in [-0.2, -0.15) is 0 Å². The molecule has 0 radical (unpaired) electrons. The lowest BCUT2D eigenvalue weighted by molar-refractivity contribution is 0.415. The Kier molecular flexibility index (Phi) is 5.50. The molecule has 0 unspecified atom stereocenters. The largest absolute Gasteiger partial charge is 0.419 e. The van der Waals surface area contributed by atoms with Gasteiger partial charge in [0.1, 0.15) is 5.82 Å². The van der Waals surface area contributed by atoms with Gasteiger partial charge in [0.05, 0.1) is 10.6 Å². The quantitative estimate of drug-likeness (QED) is 0.423. The summed E-state index contributed by atoms with van der Waals surface area (Å²) in [6.45, 7) is 4.62. The summed E-state index contributed by atoms with van der Waals surface area (Å²) in [6.07, 6.45) is 8.20. The second-order valence-corrected chi connectivity index (χ2v) is 8.23. The summed E-state index contributed by atoms with van der Waals surface area (Å²) >= 11 is 3.18. The molecule has 0 saturated heterocycles. The predicted molar refractivity (Wildman–Crippen MR) is 103 cm³/mol. The van der Waals surface area contributed by atoms with Crippen LogP contribution in [0.25, 0.3) is 10.8 Å². The normalized spacial score (nSPS) is 15.4. The van der Waals surface area contributed by atoms with Crippen molar-refractivity contribution >= 4 is 23.1 Å². The van der Waals surface area contributed by atoms with E-state index in [1.54, 1.807) is 23.1 Å². The number of aromatic nitrogens is 5. The summed E-state index contributed by atoms with van der Waals surface area (Å²) in [7, 11) is 0. The Morgan fingerprint density at radius 1 is 1.23 bits per heavy atom. The van der Waals surface area contributed by atoms with Crippen LogP contribution in [0.5, 0.6) is 0 Å². The third-order valence-corrected chi connectivity index (χ3v) is 6.36. The first-order chi connectivity index (χ1) is 12.8. The average Bonchev–Trinajstić information content (AvgIpc) is 3.42. The molecule has 3 aromatic heterocycles. The fraction of sp³-hybridized carbons (Fsp3) is 0.444. The number of hydrogen-bond donors (Lipinski definition) is 0. The monoisotopic (exact) mass is 387 g/mol. The zero-order chi connectivity index (χ0) is 17.8. The molecule has 0 spiro atoms. The first-order valence-electron chi connectivity index (χ1n) is 8.88. The minimum atomic E-state index is 0.513. The van der Waals surface area contributed by atoms with Gasteiger partial charge in [0, 0.05) is 12.5 Å². The average molecular weight is 388 g/mol. The van der Waals surface area contributed by atoms with Crippen molar-refractivity contribution in [1.82, 2.24) is 25.0 Å². The van der Waals surface area contributed by atoms with Crippen molar-refractivity contribution in [3.8, 4) is 10.8 Å². The van der Waals surface area contributed by atoms with E-state index >= 15 is 0 Å². The molecule has 8 heteroatoms. The molecule has 6 nitrogen and oxygen atoms in total. The van der Waals surface area contributed by atoms with Gasteiger partial charge in [0.15, 0.2) is 5.16 Å². The molecule has 0 atom stereocenters. The van der Waals surface area contributed by atoms with Crippen molar-refractivity contribution in [1.29, 1.82) is 0 Å². The highest BCUT2D eigenvalue weighted by molar-refractivity contribution is 7.98. The van der Waals surface area contributed by atoms with Gasteiger partial charge in [-0.05, 0) is 24.3 Å². The smallest absolute Gasteiger partial charge is 0.257 e. The SMILES string of the molecule is C=CCn1c(SCc2nnc(-c3cccs3)o2)nnc1C1CCCCC1. The second kappa shape index (κ2) is 8.18. The van der Waals surface area contributed by atoms with Crippen LogP contribution in [0, 0.1) is 0 Å². The second-order valence-electron chi connectivity index (χ2n) is 6.34. The van der Waals surface area contributed by atoms with Crippen molar-refractivity contribution in [2.24, 2.45) is 0 Å². The summed E-state index contributed by atoms with van der Waals surface area (Å²) in [5, 5.41) is 20.1. The van der Waals surface area contributed by atoms with E-state index in [9.17, 15) is 0 Å². The van der Waals surface area contributed by atoms with Crippen LogP contribution in [-0.4, -0.2) is 25.0 Å². The molecule has 136 valence electrons. The van der Waals surface area contributed by atoms with Crippen molar-refractivity contribution in [3.63, 3.8) is 0 Å². The summed E-state index contributed by atoms with van der Waals surface area (Å²) in [4.78, 5) is 0.989. The maximum atomic E-state index is 5.76. The Morgan fingerprint density at radius 2 is 2.12 bits per heavy atom. The number of nitrogens with zero attached hydrogens (tertiary/aromatic N) is 5. The molecule has 1 fully saturated rings. The molecule has 1 aliphatic rings. The lowest BCUT2D eigenvalue weighted by Crippen LogP contribution is -2.12.